The van der Waals surface area contributed by atoms with Gasteiger partial charge in [0.2, 0.25) is 5.91 Å². The largest absolute Gasteiger partial charge is 0.367 e. The van der Waals surface area contributed by atoms with Crippen LogP contribution >= 0.6 is 0 Å². The molecule has 2 aliphatic rings. The summed E-state index contributed by atoms with van der Waals surface area (Å²) >= 11 is 0. The molecule has 0 saturated carbocycles. The van der Waals surface area contributed by atoms with Crippen molar-refractivity contribution in [3.8, 4) is 0 Å². The zero-order valence-corrected chi connectivity index (χ0v) is 18.0. The van der Waals surface area contributed by atoms with Gasteiger partial charge in [-0.2, -0.15) is 0 Å². The summed E-state index contributed by atoms with van der Waals surface area (Å²) in [6, 6.07) is 19.2. The predicted molar refractivity (Wildman–Crippen MR) is 120 cm³/mol. The Labute approximate surface area is 180 Å². The SMILES string of the molecule is O=C(COCc1ccccc1)N1CCC(Cc2ccc(CN3CCCC3)cc2)CC1. The van der Waals surface area contributed by atoms with Crippen LogP contribution < -0.4 is 0 Å². The van der Waals surface area contributed by atoms with Crippen LogP contribution in [0.25, 0.3) is 0 Å². The molecule has 0 unspecified atom stereocenters. The first kappa shape index (κ1) is 21.1. The number of carbonyl (C=O) groups excluding carboxylic acids is 1. The molecule has 2 aromatic rings. The third-order valence-corrected chi connectivity index (χ3v) is 6.46. The van der Waals surface area contributed by atoms with Crippen molar-refractivity contribution >= 4 is 5.91 Å². The van der Waals surface area contributed by atoms with E-state index in [-0.39, 0.29) is 12.5 Å². The van der Waals surface area contributed by atoms with Crippen molar-refractivity contribution in [3.05, 3.63) is 71.3 Å². The van der Waals surface area contributed by atoms with Gasteiger partial charge in [0.05, 0.1) is 6.61 Å². The van der Waals surface area contributed by atoms with Crippen molar-refractivity contribution in [1.82, 2.24) is 9.80 Å². The van der Waals surface area contributed by atoms with E-state index in [1.54, 1.807) is 0 Å². The van der Waals surface area contributed by atoms with E-state index in [2.05, 4.69) is 29.2 Å². The van der Waals surface area contributed by atoms with Crippen LogP contribution in [0.15, 0.2) is 54.6 Å². The maximum atomic E-state index is 12.4. The van der Waals surface area contributed by atoms with Gasteiger partial charge in [-0.3, -0.25) is 9.69 Å². The Morgan fingerprint density at radius 3 is 2.20 bits per heavy atom. The van der Waals surface area contributed by atoms with Gasteiger partial charge in [-0.05, 0) is 67.8 Å². The molecule has 0 bridgehead atoms. The van der Waals surface area contributed by atoms with E-state index in [0.29, 0.717) is 12.5 Å². The van der Waals surface area contributed by atoms with Gasteiger partial charge in [-0.1, -0.05) is 54.6 Å². The minimum atomic E-state index is 0.121. The first-order valence-corrected chi connectivity index (χ1v) is 11.5. The van der Waals surface area contributed by atoms with Crippen LogP contribution in [-0.4, -0.2) is 48.5 Å². The summed E-state index contributed by atoms with van der Waals surface area (Å²) in [5.41, 5.74) is 3.96. The highest BCUT2D eigenvalue weighted by Crippen LogP contribution is 2.22. The maximum Gasteiger partial charge on any atom is 0.248 e. The number of carbonyl (C=O) groups is 1. The molecule has 4 nitrogen and oxygen atoms in total. The molecule has 160 valence electrons. The zero-order chi connectivity index (χ0) is 20.6. The number of benzene rings is 2. The summed E-state index contributed by atoms with van der Waals surface area (Å²) < 4.78 is 5.62. The summed E-state index contributed by atoms with van der Waals surface area (Å²) in [4.78, 5) is 16.9. The lowest BCUT2D eigenvalue weighted by molar-refractivity contribution is -0.138. The van der Waals surface area contributed by atoms with Crippen molar-refractivity contribution in [2.45, 2.75) is 45.3 Å². The van der Waals surface area contributed by atoms with Gasteiger partial charge in [0, 0.05) is 19.6 Å². The highest BCUT2D eigenvalue weighted by molar-refractivity contribution is 5.77. The van der Waals surface area contributed by atoms with E-state index >= 15 is 0 Å². The van der Waals surface area contributed by atoms with Gasteiger partial charge < -0.3 is 9.64 Å². The van der Waals surface area contributed by atoms with Crippen LogP contribution in [0, 0.1) is 5.92 Å². The zero-order valence-electron chi connectivity index (χ0n) is 18.0. The molecule has 4 heteroatoms. The van der Waals surface area contributed by atoms with E-state index in [1.165, 1.54) is 37.1 Å². The van der Waals surface area contributed by atoms with Crippen LogP contribution in [-0.2, 0) is 29.1 Å². The van der Waals surface area contributed by atoms with E-state index in [9.17, 15) is 4.79 Å². The Kier molecular flexibility index (Phi) is 7.54. The quantitative estimate of drug-likeness (QED) is 0.656. The molecule has 0 atom stereocenters. The van der Waals surface area contributed by atoms with Crippen LogP contribution in [0.4, 0.5) is 0 Å². The average molecular weight is 407 g/mol. The molecule has 2 aromatic carbocycles. The molecular weight excluding hydrogens is 372 g/mol. The van der Waals surface area contributed by atoms with Crippen molar-refractivity contribution < 1.29 is 9.53 Å². The summed E-state index contributed by atoms with van der Waals surface area (Å²) in [5, 5.41) is 0. The van der Waals surface area contributed by atoms with Crippen LogP contribution in [0.3, 0.4) is 0 Å². The third-order valence-electron chi connectivity index (χ3n) is 6.46. The van der Waals surface area contributed by atoms with Crippen molar-refractivity contribution in [3.63, 3.8) is 0 Å². The molecule has 0 radical (unpaired) electrons. The molecule has 30 heavy (non-hydrogen) atoms. The van der Waals surface area contributed by atoms with Crippen LogP contribution in [0.5, 0.6) is 0 Å². The number of nitrogens with zero attached hydrogens (tertiary/aromatic N) is 2. The number of hydrogen-bond acceptors (Lipinski definition) is 3. The minimum Gasteiger partial charge on any atom is -0.367 e. The molecule has 2 fully saturated rings. The number of hydrogen-bond donors (Lipinski definition) is 0. The van der Waals surface area contributed by atoms with Crippen molar-refractivity contribution in [2.75, 3.05) is 32.8 Å². The van der Waals surface area contributed by atoms with Gasteiger partial charge in [0.15, 0.2) is 0 Å². The lowest BCUT2D eigenvalue weighted by Gasteiger charge is -2.32. The van der Waals surface area contributed by atoms with E-state index in [1.807, 2.05) is 35.2 Å². The Balaban J connectivity index is 1.15. The van der Waals surface area contributed by atoms with Gasteiger partial charge >= 0.3 is 0 Å². The molecular formula is C26H34N2O2. The lowest BCUT2D eigenvalue weighted by Crippen LogP contribution is -2.40. The predicted octanol–water partition coefficient (Wildman–Crippen LogP) is 4.28. The molecule has 2 heterocycles. The highest BCUT2D eigenvalue weighted by atomic mass is 16.5. The van der Waals surface area contributed by atoms with Gasteiger partial charge in [-0.25, -0.2) is 0 Å². The van der Waals surface area contributed by atoms with E-state index in [0.717, 1.165) is 44.5 Å². The maximum absolute atomic E-state index is 12.4. The summed E-state index contributed by atoms with van der Waals surface area (Å²) in [6.45, 7) is 5.96. The Hall–Kier alpha value is -2.17. The smallest absolute Gasteiger partial charge is 0.248 e. The summed E-state index contributed by atoms with van der Waals surface area (Å²) in [7, 11) is 0. The van der Waals surface area contributed by atoms with Gasteiger partial charge in [-0.15, -0.1) is 0 Å². The molecule has 2 saturated heterocycles. The Morgan fingerprint density at radius 1 is 0.833 bits per heavy atom. The van der Waals surface area contributed by atoms with Crippen LogP contribution in [0.2, 0.25) is 0 Å². The number of likely N-dealkylation sites (tertiary alicyclic amines) is 2. The number of rotatable bonds is 8. The fraction of sp³-hybridized carbons (Fsp3) is 0.500. The average Bonchev–Trinajstić information content (AvgIpc) is 3.29. The molecule has 0 N–H and O–H groups in total. The number of piperidine rings is 1. The molecule has 0 aliphatic carbocycles. The Bertz CT molecular complexity index is 776. The van der Waals surface area contributed by atoms with Crippen molar-refractivity contribution in [2.24, 2.45) is 5.92 Å². The monoisotopic (exact) mass is 406 g/mol. The fourth-order valence-corrected chi connectivity index (χ4v) is 4.62. The second-order valence-corrected chi connectivity index (χ2v) is 8.81. The third kappa shape index (κ3) is 6.16. The topological polar surface area (TPSA) is 32.8 Å². The fourth-order valence-electron chi connectivity index (χ4n) is 4.62. The number of amides is 1. The molecule has 0 spiro atoms. The second-order valence-electron chi connectivity index (χ2n) is 8.81. The summed E-state index contributed by atoms with van der Waals surface area (Å²) in [5.74, 6) is 0.791. The number of ether oxygens (including phenoxy) is 1. The van der Waals surface area contributed by atoms with Crippen molar-refractivity contribution in [1.29, 1.82) is 0 Å². The first-order chi connectivity index (χ1) is 14.8. The van der Waals surface area contributed by atoms with E-state index in [4.69, 9.17) is 4.74 Å². The van der Waals surface area contributed by atoms with Gasteiger partial charge in [0.25, 0.3) is 0 Å². The first-order valence-electron chi connectivity index (χ1n) is 11.5. The molecule has 4 rings (SSSR count). The standard InChI is InChI=1S/C26H34N2O2/c29-26(21-30-20-25-6-2-1-3-7-25)28-16-12-23(13-17-28)18-22-8-10-24(11-9-22)19-27-14-4-5-15-27/h1-3,6-11,23H,4-5,12-21H2. The summed E-state index contributed by atoms with van der Waals surface area (Å²) in [6.07, 6.45) is 5.98. The molecule has 2 aliphatic heterocycles. The van der Waals surface area contributed by atoms with Crippen LogP contribution in [0.1, 0.15) is 42.4 Å². The molecule has 1 amide bonds. The second kappa shape index (κ2) is 10.7. The molecule has 0 aromatic heterocycles. The van der Waals surface area contributed by atoms with Gasteiger partial charge in [0.1, 0.15) is 6.61 Å². The Morgan fingerprint density at radius 2 is 1.50 bits per heavy atom. The highest BCUT2D eigenvalue weighted by Gasteiger charge is 2.23. The normalized spacial score (nSPS) is 18.1. The minimum absolute atomic E-state index is 0.121. The van der Waals surface area contributed by atoms with E-state index < -0.39 is 0 Å². The lowest BCUT2D eigenvalue weighted by atomic mass is 9.90.